The first-order valence-electron chi connectivity index (χ1n) is 7.79. The van der Waals surface area contributed by atoms with Crippen LogP contribution in [0.25, 0.3) is 0 Å². The maximum absolute atomic E-state index is 13.8. The highest BCUT2D eigenvalue weighted by Crippen LogP contribution is 2.30. The van der Waals surface area contributed by atoms with Gasteiger partial charge in [0, 0.05) is 17.7 Å². The summed E-state index contributed by atoms with van der Waals surface area (Å²) >= 11 is 0. The number of fused-ring (bicyclic) bond motifs is 1. The maximum Gasteiger partial charge on any atom is 0.322 e. The number of aryl methyl sites for hydroxylation is 1. The highest BCUT2D eigenvalue weighted by Gasteiger charge is 2.22. The van der Waals surface area contributed by atoms with Crippen molar-refractivity contribution in [1.29, 1.82) is 0 Å². The van der Waals surface area contributed by atoms with Gasteiger partial charge in [0.25, 0.3) is 0 Å². The van der Waals surface area contributed by atoms with Gasteiger partial charge in [-0.05, 0) is 13.0 Å². The van der Waals surface area contributed by atoms with Crippen molar-refractivity contribution >= 4 is 11.7 Å². The summed E-state index contributed by atoms with van der Waals surface area (Å²) in [4.78, 5) is 14.1. The van der Waals surface area contributed by atoms with Crippen LogP contribution in [0.5, 0.6) is 11.5 Å². The molecular weight excluding hydrogens is 330 g/mol. The average molecular weight is 348 g/mol. The number of ether oxygens (including phenoxy) is 2. The molecular formula is C18H18F2N2O3. The number of urea groups is 1. The molecule has 2 amide bonds. The van der Waals surface area contributed by atoms with Gasteiger partial charge < -0.3 is 19.7 Å². The van der Waals surface area contributed by atoms with Gasteiger partial charge >= 0.3 is 6.03 Å². The molecule has 0 aromatic heterocycles. The van der Waals surface area contributed by atoms with Crippen molar-refractivity contribution in [2.75, 3.05) is 25.6 Å². The van der Waals surface area contributed by atoms with E-state index in [2.05, 4.69) is 5.32 Å². The van der Waals surface area contributed by atoms with Crippen molar-refractivity contribution in [3.05, 3.63) is 53.1 Å². The Morgan fingerprint density at radius 3 is 2.84 bits per heavy atom. The van der Waals surface area contributed by atoms with Crippen LogP contribution in [0.3, 0.4) is 0 Å². The molecule has 7 heteroatoms. The van der Waals surface area contributed by atoms with Crippen molar-refractivity contribution in [1.82, 2.24) is 4.90 Å². The van der Waals surface area contributed by atoms with Crippen molar-refractivity contribution in [3.63, 3.8) is 0 Å². The smallest absolute Gasteiger partial charge is 0.322 e. The Labute approximate surface area is 144 Å². The van der Waals surface area contributed by atoms with Crippen molar-refractivity contribution in [2.45, 2.75) is 13.5 Å². The predicted molar refractivity (Wildman–Crippen MR) is 89.0 cm³/mol. The second kappa shape index (κ2) is 6.96. The van der Waals surface area contributed by atoms with E-state index in [4.69, 9.17) is 9.47 Å². The van der Waals surface area contributed by atoms with Gasteiger partial charge in [0.05, 0.1) is 25.9 Å². The number of carbonyl (C=O) groups is 1. The number of benzene rings is 2. The first-order valence-corrected chi connectivity index (χ1v) is 7.79. The molecule has 0 radical (unpaired) electrons. The number of nitrogens with zero attached hydrogens (tertiary/aromatic N) is 1. The van der Waals surface area contributed by atoms with Gasteiger partial charge in [0.2, 0.25) is 0 Å². The Bertz CT molecular complexity index is 811. The molecule has 3 rings (SSSR count). The number of hydrogen-bond donors (Lipinski definition) is 1. The third kappa shape index (κ3) is 3.65. The minimum Gasteiger partial charge on any atom is -0.492 e. The minimum absolute atomic E-state index is 0.0559. The Kier molecular flexibility index (Phi) is 4.74. The van der Waals surface area contributed by atoms with Crippen LogP contribution < -0.4 is 14.8 Å². The standard InChI is InChI=1S/C18H18F2N2O3/c1-11-3-4-16-12(7-11)10-22(5-6-25-16)18(23)21-15-9-13(19)8-14(20)17(15)24-2/h3-4,7-9H,5-6,10H2,1-2H3,(H,21,23). The van der Waals surface area contributed by atoms with Gasteiger partial charge in [-0.2, -0.15) is 0 Å². The lowest BCUT2D eigenvalue weighted by Gasteiger charge is -2.21. The topological polar surface area (TPSA) is 50.8 Å². The van der Waals surface area contributed by atoms with Gasteiger partial charge in [0.15, 0.2) is 11.6 Å². The summed E-state index contributed by atoms with van der Waals surface area (Å²) in [7, 11) is 1.25. The number of rotatable bonds is 2. The number of amides is 2. The Morgan fingerprint density at radius 1 is 1.28 bits per heavy atom. The molecule has 0 fully saturated rings. The molecule has 132 valence electrons. The number of anilines is 1. The van der Waals surface area contributed by atoms with Gasteiger partial charge in [0.1, 0.15) is 18.2 Å². The van der Waals surface area contributed by atoms with Crippen LogP contribution in [0.1, 0.15) is 11.1 Å². The third-order valence-corrected chi connectivity index (χ3v) is 3.94. The normalized spacial score (nSPS) is 13.5. The summed E-state index contributed by atoms with van der Waals surface area (Å²) in [6.07, 6.45) is 0. The van der Waals surface area contributed by atoms with Crippen molar-refractivity contribution < 1.29 is 23.0 Å². The zero-order valence-corrected chi connectivity index (χ0v) is 13.9. The monoisotopic (exact) mass is 348 g/mol. The molecule has 25 heavy (non-hydrogen) atoms. The largest absolute Gasteiger partial charge is 0.492 e. The van der Waals surface area contributed by atoms with E-state index in [1.807, 2.05) is 25.1 Å². The molecule has 0 atom stereocenters. The van der Waals surface area contributed by atoms with E-state index < -0.39 is 17.7 Å². The van der Waals surface area contributed by atoms with E-state index in [0.717, 1.165) is 22.9 Å². The second-order valence-electron chi connectivity index (χ2n) is 5.78. The summed E-state index contributed by atoms with van der Waals surface area (Å²) in [6.45, 7) is 2.97. The lowest BCUT2D eigenvalue weighted by Crippen LogP contribution is -2.36. The van der Waals surface area contributed by atoms with E-state index in [-0.39, 0.29) is 11.4 Å². The lowest BCUT2D eigenvalue weighted by atomic mass is 10.1. The fraction of sp³-hybridized carbons (Fsp3) is 0.278. The molecule has 0 spiro atoms. The van der Waals surface area contributed by atoms with E-state index in [1.165, 1.54) is 12.0 Å². The molecule has 1 heterocycles. The van der Waals surface area contributed by atoms with Crippen LogP contribution in [0, 0.1) is 18.6 Å². The molecule has 0 unspecified atom stereocenters. The fourth-order valence-electron chi connectivity index (χ4n) is 2.75. The molecule has 0 aliphatic carbocycles. The van der Waals surface area contributed by atoms with Crippen molar-refractivity contribution in [3.8, 4) is 11.5 Å². The Balaban J connectivity index is 1.82. The van der Waals surface area contributed by atoms with Crippen LogP contribution in [0.15, 0.2) is 30.3 Å². The highest BCUT2D eigenvalue weighted by atomic mass is 19.1. The minimum atomic E-state index is -0.877. The van der Waals surface area contributed by atoms with E-state index in [1.54, 1.807) is 0 Å². The summed E-state index contributed by atoms with van der Waals surface area (Å²) in [5, 5.41) is 2.51. The number of hydrogen-bond acceptors (Lipinski definition) is 3. The summed E-state index contributed by atoms with van der Waals surface area (Å²) in [5.41, 5.74) is 1.88. The second-order valence-corrected chi connectivity index (χ2v) is 5.78. The first-order chi connectivity index (χ1) is 12.0. The molecule has 2 aromatic carbocycles. The fourth-order valence-corrected chi connectivity index (χ4v) is 2.75. The Hall–Kier alpha value is -2.83. The lowest BCUT2D eigenvalue weighted by molar-refractivity contribution is 0.200. The molecule has 1 N–H and O–H groups in total. The summed E-state index contributed by atoms with van der Waals surface area (Å²) in [6, 6.07) is 7.00. The van der Waals surface area contributed by atoms with E-state index in [0.29, 0.717) is 25.8 Å². The SMILES string of the molecule is COc1c(F)cc(F)cc1NC(=O)N1CCOc2ccc(C)cc2C1. The number of carbonyl (C=O) groups excluding carboxylic acids is 1. The first kappa shape index (κ1) is 17.0. The average Bonchev–Trinajstić information content (AvgIpc) is 2.76. The zero-order chi connectivity index (χ0) is 18.0. The van der Waals surface area contributed by atoms with Gasteiger partial charge in [-0.25, -0.2) is 13.6 Å². The summed E-state index contributed by atoms with van der Waals surface area (Å²) in [5.74, 6) is -1.15. The Morgan fingerprint density at radius 2 is 2.08 bits per heavy atom. The van der Waals surface area contributed by atoms with E-state index in [9.17, 15) is 13.6 Å². The van der Waals surface area contributed by atoms with Gasteiger partial charge in [-0.1, -0.05) is 17.7 Å². The third-order valence-electron chi connectivity index (χ3n) is 3.94. The molecule has 0 saturated carbocycles. The van der Waals surface area contributed by atoms with Crippen LogP contribution in [-0.2, 0) is 6.54 Å². The zero-order valence-electron chi connectivity index (χ0n) is 13.9. The molecule has 1 aliphatic heterocycles. The molecule has 5 nitrogen and oxygen atoms in total. The highest BCUT2D eigenvalue weighted by molar-refractivity contribution is 5.91. The molecule has 0 saturated heterocycles. The van der Waals surface area contributed by atoms with Gasteiger partial charge in [-0.3, -0.25) is 0 Å². The van der Waals surface area contributed by atoms with Gasteiger partial charge in [-0.15, -0.1) is 0 Å². The maximum atomic E-state index is 13.8. The molecule has 0 bridgehead atoms. The van der Waals surface area contributed by atoms with Crippen LogP contribution in [0.2, 0.25) is 0 Å². The summed E-state index contributed by atoms with van der Waals surface area (Å²) < 4.78 is 37.8. The van der Waals surface area contributed by atoms with E-state index >= 15 is 0 Å². The molecule has 2 aromatic rings. The van der Waals surface area contributed by atoms with Crippen LogP contribution >= 0.6 is 0 Å². The number of methoxy groups -OCH3 is 1. The predicted octanol–water partition coefficient (Wildman–Crippen LogP) is 3.71. The number of halogens is 2. The molecule has 1 aliphatic rings. The van der Waals surface area contributed by atoms with Crippen LogP contribution in [0.4, 0.5) is 19.3 Å². The quantitative estimate of drug-likeness (QED) is 0.900. The van der Waals surface area contributed by atoms with Crippen molar-refractivity contribution in [2.24, 2.45) is 0 Å². The van der Waals surface area contributed by atoms with Crippen LogP contribution in [-0.4, -0.2) is 31.2 Å². The number of nitrogens with one attached hydrogen (secondary N) is 1.